The summed E-state index contributed by atoms with van der Waals surface area (Å²) in [4.78, 5) is 16.2. The van der Waals surface area contributed by atoms with Crippen molar-refractivity contribution in [3.63, 3.8) is 0 Å². The van der Waals surface area contributed by atoms with Crippen molar-refractivity contribution >= 4 is 15.9 Å². The van der Waals surface area contributed by atoms with Gasteiger partial charge in [-0.3, -0.25) is 9.78 Å². The molecule has 0 aliphatic carbocycles. The Morgan fingerprint density at radius 3 is 2.50 bits per heavy atom. The quantitative estimate of drug-likeness (QED) is 0.623. The van der Waals surface area contributed by atoms with Crippen LogP contribution in [-0.4, -0.2) is 31.9 Å². The molecule has 1 heterocycles. The van der Waals surface area contributed by atoms with E-state index in [4.69, 9.17) is 0 Å². The first-order chi connectivity index (χ1) is 14.0. The normalized spacial score (nSPS) is 14.2. The number of amides is 1. The van der Waals surface area contributed by atoms with Crippen LogP contribution >= 0.6 is 0 Å². The lowest BCUT2D eigenvalue weighted by atomic mass is 9.99. The summed E-state index contributed by atoms with van der Waals surface area (Å²) < 4.78 is 66.4. The summed E-state index contributed by atoms with van der Waals surface area (Å²) >= 11 is 0. The van der Waals surface area contributed by atoms with Crippen LogP contribution in [0.3, 0.4) is 0 Å². The number of halogens is 3. The lowest BCUT2D eigenvalue weighted by molar-refractivity contribution is -0.137. The van der Waals surface area contributed by atoms with E-state index in [9.17, 15) is 26.4 Å². The number of pyridine rings is 1. The molecule has 0 unspecified atom stereocenters. The number of nitrogens with zero attached hydrogens (tertiary/aromatic N) is 1. The average Bonchev–Trinajstić information content (AvgIpc) is 2.71. The van der Waals surface area contributed by atoms with Crippen LogP contribution < -0.4 is 10.0 Å². The van der Waals surface area contributed by atoms with E-state index < -0.39 is 38.6 Å². The summed E-state index contributed by atoms with van der Waals surface area (Å²) in [5.41, 5.74) is -0.312. The number of rotatable bonds is 9. The molecule has 0 saturated carbocycles. The molecule has 2 aromatic rings. The van der Waals surface area contributed by atoms with E-state index in [-0.39, 0.29) is 12.5 Å². The van der Waals surface area contributed by atoms with Crippen LogP contribution in [0.4, 0.5) is 13.2 Å². The molecule has 164 valence electrons. The van der Waals surface area contributed by atoms with E-state index in [1.807, 2.05) is 6.07 Å². The zero-order chi connectivity index (χ0) is 22.4. The summed E-state index contributed by atoms with van der Waals surface area (Å²) in [6.07, 6.45) is -2.10. The monoisotopic (exact) mass is 443 g/mol. The zero-order valence-electron chi connectivity index (χ0n) is 16.6. The lowest BCUT2D eigenvalue weighted by Crippen LogP contribution is -2.50. The van der Waals surface area contributed by atoms with E-state index in [1.54, 1.807) is 32.2 Å². The van der Waals surface area contributed by atoms with Crippen molar-refractivity contribution in [2.24, 2.45) is 5.92 Å². The first-order valence-corrected chi connectivity index (χ1v) is 10.9. The van der Waals surface area contributed by atoms with Gasteiger partial charge in [-0.05, 0) is 36.2 Å². The van der Waals surface area contributed by atoms with Gasteiger partial charge in [0.05, 0.1) is 10.5 Å². The minimum atomic E-state index is -4.68. The van der Waals surface area contributed by atoms with Crippen LogP contribution in [0.1, 0.15) is 31.5 Å². The molecule has 2 atom stereocenters. The van der Waals surface area contributed by atoms with Gasteiger partial charge in [0.2, 0.25) is 15.9 Å². The van der Waals surface area contributed by atoms with Crippen LogP contribution in [0.2, 0.25) is 0 Å². The van der Waals surface area contributed by atoms with E-state index >= 15 is 0 Å². The smallest absolute Gasteiger partial charge is 0.354 e. The minimum Gasteiger partial charge on any atom is -0.354 e. The molecule has 0 spiro atoms. The molecule has 0 fully saturated rings. The number of hydrogen-bond donors (Lipinski definition) is 2. The summed E-state index contributed by atoms with van der Waals surface area (Å²) in [5.74, 6) is -0.920. The van der Waals surface area contributed by atoms with Crippen molar-refractivity contribution < 1.29 is 26.4 Å². The van der Waals surface area contributed by atoms with Crippen molar-refractivity contribution in [2.75, 3.05) is 6.54 Å². The van der Waals surface area contributed by atoms with Gasteiger partial charge in [0, 0.05) is 24.9 Å². The topological polar surface area (TPSA) is 88.2 Å². The number of alkyl halides is 3. The van der Waals surface area contributed by atoms with Crippen LogP contribution in [-0.2, 0) is 27.4 Å². The Morgan fingerprint density at radius 2 is 1.90 bits per heavy atom. The minimum absolute atomic E-state index is 0.244. The van der Waals surface area contributed by atoms with Crippen molar-refractivity contribution in [1.82, 2.24) is 15.0 Å². The van der Waals surface area contributed by atoms with Crippen molar-refractivity contribution in [3.05, 3.63) is 59.9 Å². The Bertz CT molecular complexity index is 951. The zero-order valence-corrected chi connectivity index (χ0v) is 17.4. The van der Waals surface area contributed by atoms with Gasteiger partial charge < -0.3 is 5.32 Å². The predicted octanol–water partition coefficient (Wildman–Crippen LogP) is 3.15. The maximum Gasteiger partial charge on any atom is 0.416 e. The Morgan fingerprint density at radius 1 is 1.17 bits per heavy atom. The largest absolute Gasteiger partial charge is 0.416 e. The molecular formula is C20H24F3N3O3S. The molecule has 10 heteroatoms. The number of nitrogens with one attached hydrogen (secondary N) is 2. The highest BCUT2D eigenvalue weighted by Crippen LogP contribution is 2.30. The molecule has 30 heavy (non-hydrogen) atoms. The second-order valence-electron chi connectivity index (χ2n) is 6.87. The van der Waals surface area contributed by atoms with Crippen LogP contribution in [0.15, 0.2) is 53.6 Å². The highest BCUT2D eigenvalue weighted by molar-refractivity contribution is 7.89. The lowest BCUT2D eigenvalue weighted by Gasteiger charge is -2.23. The number of aromatic nitrogens is 1. The molecule has 0 saturated heterocycles. The van der Waals surface area contributed by atoms with E-state index in [2.05, 4.69) is 15.0 Å². The van der Waals surface area contributed by atoms with E-state index in [1.165, 1.54) is 0 Å². The van der Waals surface area contributed by atoms with Crippen molar-refractivity contribution in [3.8, 4) is 0 Å². The highest BCUT2D eigenvalue weighted by atomic mass is 32.2. The molecule has 0 radical (unpaired) electrons. The third-order valence-electron chi connectivity index (χ3n) is 4.66. The molecule has 1 amide bonds. The van der Waals surface area contributed by atoms with Gasteiger partial charge >= 0.3 is 6.18 Å². The molecule has 0 aliphatic rings. The Balaban J connectivity index is 2.14. The van der Waals surface area contributed by atoms with Gasteiger partial charge in [-0.1, -0.05) is 32.4 Å². The van der Waals surface area contributed by atoms with Gasteiger partial charge in [0.15, 0.2) is 0 Å². The van der Waals surface area contributed by atoms with Gasteiger partial charge in [-0.25, -0.2) is 8.42 Å². The molecule has 6 nitrogen and oxygen atoms in total. The summed E-state index contributed by atoms with van der Waals surface area (Å²) in [5, 5.41) is 2.67. The molecule has 1 aromatic heterocycles. The second kappa shape index (κ2) is 10.0. The fourth-order valence-corrected chi connectivity index (χ4v) is 4.06. The fraction of sp³-hybridized carbons (Fsp3) is 0.400. The van der Waals surface area contributed by atoms with E-state index in [0.717, 1.165) is 23.9 Å². The number of sulfonamides is 1. The fourth-order valence-electron chi connectivity index (χ4n) is 2.71. The Kier molecular flexibility index (Phi) is 7.96. The maximum atomic E-state index is 12.9. The maximum absolute atomic E-state index is 12.9. The summed E-state index contributed by atoms with van der Waals surface area (Å²) in [7, 11) is -4.34. The average molecular weight is 443 g/mol. The molecule has 0 bridgehead atoms. The van der Waals surface area contributed by atoms with Gasteiger partial charge in [-0.2, -0.15) is 17.9 Å². The van der Waals surface area contributed by atoms with Crippen LogP contribution in [0.5, 0.6) is 0 Å². The first kappa shape index (κ1) is 23.8. The third-order valence-corrected chi connectivity index (χ3v) is 6.09. The van der Waals surface area contributed by atoms with Crippen LogP contribution in [0.25, 0.3) is 0 Å². The molecule has 2 N–H and O–H groups in total. The van der Waals surface area contributed by atoms with Gasteiger partial charge in [-0.15, -0.1) is 0 Å². The Hall–Kier alpha value is -2.46. The summed E-state index contributed by atoms with van der Waals surface area (Å²) in [6.45, 7) is 3.73. The van der Waals surface area contributed by atoms with Crippen LogP contribution in [0, 0.1) is 5.92 Å². The molecular weight excluding hydrogens is 419 g/mol. The Labute approximate surface area is 174 Å². The highest BCUT2D eigenvalue weighted by Gasteiger charge is 2.33. The third kappa shape index (κ3) is 6.53. The number of carbonyl (C=O) groups is 1. The summed E-state index contributed by atoms with van der Waals surface area (Å²) in [6, 6.07) is 7.67. The van der Waals surface area contributed by atoms with Crippen molar-refractivity contribution in [2.45, 2.75) is 43.8 Å². The molecule has 0 aliphatic heterocycles. The number of benzene rings is 1. The molecule has 2 rings (SSSR count). The predicted molar refractivity (Wildman–Crippen MR) is 106 cm³/mol. The number of carbonyl (C=O) groups excluding carboxylic acids is 1. The van der Waals surface area contributed by atoms with Gasteiger partial charge in [0.1, 0.15) is 6.04 Å². The number of hydrogen-bond acceptors (Lipinski definition) is 4. The van der Waals surface area contributed by atoms with E-state index in [0.29, 0.717) is 18.9 Å². The first-order valence-electron chi connectivity index (χ1n) is 9.41. The van der Waals surface area contributed by atoms with Gasteiger partial charge in [0.25, 0.3) is 0 Å². The standard InChI is InChI=1S/C20H24F3N3O3S/c1-3-14(2)18(19(27)25-12-10-16-8-4-5-11-24-16)26-30(28,29)17-9-6-7-15(13-17)20(21,22)23/h4-9,11,13-14,18,26H,3,10,12H2,1-2H3,(H,25,27)/t14-,18-/m0/s1. The SMILES string of the molecule is CC[C@H](C)[C@H](NS(=O)(=O)c1cccc(C(F)(F)F)c1)C(=O)NCCc1ccccn1. The molecule has 1 aromatic carbocycles. The second-order valence-corrected chi connectivity index (χ2v) is 8.59. The van der Waals surface area contributed by atoms with Crippen molar-refractivity contribution in [1.29, 1.82) is 0 Å².